The first kappa shape index (κ1) is 18.6. The van der Waals surface area contributed by atoms with Crippen LogP contribution in [0.15, 0.2) is 47.8 Å². The second-order valence-corrected chi connectivity index (χ2v) is 7.66. The Morgan fingerprint density at radius 3 is 2.54 bits per heavy atom. The molecule has 2 heterocycles. The molecule has 6 heteroatoms. The number of hydrogen-bond acceptors (Lipinski definition) is 4. The Labute approximate surface area is 158 Å². The lowest BCUT2D eigenvalue weighted by Gasteiger charge is -2.33. The molecule has 0 bridgehead atoms. The van der Waals surface area contributed by atoms with E-state index in [0.29, 0.717) is 4.88 Å². The highest BCUT2D eigenvalue weighted by Gasteiger charge is 2.24. The lowest BCUT2D eigenvalue weighted by molar-refractivity contribution is -0.123. The van der Waals surface area contributed by atoms with E-state index in [1.165, 1.54) is 16.9 Å². The fraction of sp³-hybridized carbons (Fsp3) is 0.400. The van der Waals surface area contributed by atoms with Gasteiger partial charge in [-0.15, -0.1) is 11.3 Å². The lowest BCUT2D eigenvalue weighted by Crippen LogP contribution is -2.50. The molecule has 2 N–H and O–H groups in total. The average molecular weight is 372 g/mol. The molecule has 1 atom stereocenters. The van der Waals surface area contributed by atoms with Gasteiger partial charge in [0.15, 0.2) is 0 Å². The number of benzene rings is 1. The van der Waals surface area contributed by atoms with Gasteiger partial charge in [-0.1, -0.05) is 36.4 Å². The van der Waals surface area contributed by atoms with Crippen LogP contribution in [-0.4, -0.2) is 41.9 Å². The molecule has 1 saturated heterocycles. The fourth-order valence-electron chi connectivity index (χ4n) is 3.14. The Morgan fingerprint density at radius 1 is 1.15 bits per heavy atom. The number of amides is 2. The Kier molecular flexibility index (Phi) is 6.41. The summed E-state index contributed by atoms with van der Waals surface area (Å²) in [5.74, 6) is -0.309. The van der Waals surface area contributed by atoms with Crippen LogP contribution in [0.1, 0.15) is 35.0 Å². The molecule has 0 saturated carbocycles. The summed E-state index contributed by atoms with van der Waals surface area (Å²) in [6.45, 7) is 4.62. The maximum atomic E-state index is 12.4. The maximum absolute atomic E-state index is 12.4. The molecule has 1 fully saturated rings. The van der Waals surface area contributed by atoms with Crippen molar-refractivity contribution in [1.29, 1.82) is 0 Å². The zero-order valence-corrected chi connectivity index (χ0v) is 15.8. The zero-order valence-electron chi connectivity index (χ0n) is 15.0. The number of carbonyl (C=O) groups is 2. The van der Waals surface area contributed by atoms with E-state index in [2.05, 4.69) is 39.8 Å². The zero-order chi connectivity index (χ0) is 18.4. The third kappa shape index (κ3) is 5.16. The molecule has 1 aromatic heterocycles. The summed E-state index contributed by atoms with van der Waals surface area (Å²) in [6.07, 6.45) is 1.87. The van der Waals surface area contributed by atoms with Crippen molar-refractivity contribution >= 4 is 23.2 Å². The van der Waals surface area contributed by atoms with Crippen LogP contribution >= 0.6 is 11.3 Å². The van der Waals surface area contributed by atoms with Crippen LogP contribution < -0.4 is 10.6 Å². The van der Waals surface area contributed by atoms with Crippen molar-refractivity contribution < 1.29 is 9.59 Å². The van der Waals surface area contributed by atoms with E-state index in [1.54, 1.807) is 13.0 Å². The van der Waals surface area contributed by atoms with Gasteiger partial charge in [0, 0.05) is 25.7 Å². The molecular formula is C20H25N3O2S. The van der Waals surface area contributed by atoms with E-state index in [-0.39, 0.29) is 17.9 Å². The summed E-state index contributed by atoms with van der Waals surface area (Å²) in [5, 5.41) is 7.69. The summed E-state index contributed by atoms with van der Waals surface area (Å²) in [7, 11) is 0. The molecule has 2 amide bonds. The van der Waals surface area contributed by atoms with Crippen molar-refractivity contribution in [2.45, 2.75) is 38.4 Å². The van der Waals surface area contributed by atoms with Gasteiger partial charge in [0.05, 0.1) is 4.88 Å². The quantitative estimate of drug-likeness (QED) is 0.821. The Balaban J connectivity index is 1.40. The second kappa shape index (κ2) is 8.96. The van der Waals surface area contributed by atoms with Gasteiger partial charge >= 0.3 is 0 Å². The van der Waals surface area contributed by atoms with Crippen LogP contribution in [0.3, 0.4) is 0 Å². The molecule has 1 aliphatic rings. The molecule has 0 spiro atoms. The van der Waals surface area contributed by atoms with E-state index in [9.17, 15) is 9.59 Å². The van der Waals surface area contributed by atoms with Gasteiger partial charge in [-0.3, -0.25) is 14.5 Å². The molecule has 5 nitrogen and oxygen atoms in total. The van der Waals surface area contributed by atoms with Crippen molar-refractivity contribution in [3.05, 3.63) is 58.3 Å². The normalized spacial score (nSPS) is 16.8. The highest BCUT2D eigenvalue weighted by molar-refractivity contribution is 7.12. The summed E-state index contributed by atoms with van der Waals surface area (Å²) in [5.41, 5.74) is 1.32. The Bertz CT molecular complexity index is 710. The number of likely N-dealkylation sites (tertiary alicyclic amines) is 1. The van der Waals surface area contributed by atoms with Gasteiger partial charge < -0.3 is 10.6 Å². The Morgan fingerprint density at radius 2 is 1.88 bits per heavy atom. The third-order valence-electron chi connectivity index (χ3n) is 4.67. The highest BCUT2D eigenvalue weighted by atomic mass is 32.1. The third-order valence-corrected chi connectivity index (χ3v) is 5.54. The predicted octanol–water partition coefficient (Wildman–Crippen LogP) is 2.65. The van der Waals surface area contributed by atoms with Crippen molar-refractivity contribution in [3.8, 4) is 0 Å². The highest BCUT2D eigenvalue weighted by Crippen LogP contribution is 2.14. The SMILES string of the molecule is CC(NC(=O)c1cccs1)C(=O)NC1CCN(Cc2ccccc2)CC1. The van der Waals surface area contributed by atoms with Crippen molar-refractivity contribution in [3.63, 3.8) is 0 Å². The number of nitrogens with one attached hydrogen (secondary N) is 2. The summed E-state index contributed by atoms with van der Waals surface area (Å²) in [4.78, 5) is 27.4. The number of rotatable bonds is 6. The first-order valence-corrected chi connectivity index (χ1v) is 9.91. The minimum Gasteiger partial charge on any atom is -0.351 e. The fourth-order valence-corrected chi connectivity index (χ4v) is 3.77. The van der Waals surface area contributed by atoms with Crippen molar-refractivity contribution in [2.24, 2.45) is 0 Å². The summed E-state index contributed by atoms with van der Waals surface area (Å²) >= 11 is 1.37. The summed E-state index contributed by atoms with van der Waals surface area (Å²) in [6, 6.07) is 13.7. The molecule has 0 radical (unpaired) electrons. The van der Waals surface area contributed by atoms with Crippen molar-refractivity contribution in [2.75, 3.05) is 13.1 Å². The topological polar surface area (TPSA) is 61.4 Å². The predicted molar refractivity (Wildman–Crippen MR) is 104 cm³/mol. The number of thiophene rings is 1. The standard InChI is InChI=1S/C20H25N3O2S/c1-15(21-20(25)18-8-5-13-26-18)19(24)22-17-9-11-23(12-10-17)14-16-6-3-2-4-7-16/h2-8,13,15,17H,9-12,14H2,1H3,(H,21,25)(H,22,24). The first-order chi connectivity index (χ1) is 12.6. The minimum atomic E-state index is -0.535. The first-order valence-electron chi connectivity index (χ1n) is 9.03. The Hall–Kier alpha value is -2.18. The largest absolute Gasteiger partial charge is 0.351 e. The number of carbonyl (C=O) groups excluding carboxylic acids is 2. The van der Waals surface area contributed by atoms with Gasteiger partial charge in [0.1, 0.15) is 6.04 Å². The van der Waals surface area contributed by atoms with Crippen molar-refractivity contribution in [1.82, 2.24) is 15.5 Å². The van der Waals surface area contributed by atoms with E-state index in [4.69, 9.17) is 0 Å². The van der Waals surface area contributed by atoms with Gasteiger partial charge in [-0.25, -0.2) is 0 Å². The van der Waals surface area contributed by atoms with E-state index in [0.717, 1.165) is 32.5 Å². The molecule has 3 rings (SSSR count). The maximum Gasteiger partial charge on any atom is 0.261 e. The van der Waals surface area contributed by atoms with Crippen LogP contribution in [0.2, 0.25) is 0 Å². The van der Waals surface area contributed by atoms with E-state index < -0.39 is 6.04 Å². The molecule has 26 heavy (non-hydrogen) atoms. The van der Waals surface area contributed by atoms with E-state index in [1.807, 2.05) is 17.5 Å². The van der Waals surface area contributed by atoms with E-state index >= 15 is 0 Å². The van der Waals surface area contributed by atoms with Crippen LogP contribution in [0.5, 0.6) is 0 Å². The number of piperidine rings is 1. The van der Waals surface area contributed by atoms with Crippen LogP contribution in [0, 0.1) is 0 Å². The monoisotopic (exact) mass is 371 g/mol. The molecule has 0 aliphatic carbocycles. The molecule has 2 aromatic rings. The second-order valence-electron chi connectivity index (χ2n) is 6.72. The van der Waals surface area contributed by atoms with Crippen LogP contribution in [-0.2, 0) is 11.3 Å². The smallest absolute Gasteiger partial charge is 0.261 e. The summed E-state index contributed by atoms with van der Waals surface area (Å²) < 4.78 is 0. The molecule has 1 aliphatic heterocycles. The molecule has 138 valence electrons. The van der Waals surface area contributed by atoms with Crippen LogP contribution in [0.25, 0.3) is 0 Å². The van der Waals surface area contributed by atoms with Gasteiger partial charge in [-0.05, 0) is 36.8 Å². The lowest BCUT2D eigenvalue weighted by atomic mass is 10.0. The number of nitrogens with zero attached hydrogens (tertiary/aromatic N) is 1. The van der Waals surface area contributed by atoms with Gasteiger partial charge in [-0.2, -0.15) is 0 Å². The van der Waals surface area contributed by atoms with Crippen LogP contribution in [0.4, 0.5) is 0 Å². The molecule has 1 aromatic carbocycles. The molecular weight excluding hydrogens is 346 g/mol. The van der Waals surface area contributed by atoms with Gasteiger partial charge in [0.25, 0.3) is 5.91 Å². The van der Waals surface area contributed by atoms with Gasteiger partial charge in [0.2, 0.25) is 5.91 Å². The minimum absolute atomic E-state index is 0.114. The average Bonchev–Trinajstić information content (AvgIpc) is 3.19. The molecule has 1 unspecified atom stereocenters. The number of hydrogen-bond donors (Lipinski definition) is 2.